The van der Waals surface area contributed by atoms with E-state index in [2.05, 4.69) is 11.9 Å². The number of fused-ring (bicyclic) bond motifs is 1. The number of carbonyl (C=O) groups is 1. The van der Waals surface area contributed by atoms with Gasteiger partial charge in [-0.3, -0.25) is 9.00 Å². The summed E-state index contributed by atoms with van der Waals surface area (Å²) in [4.78, 5) is 22.1. The summed E-state index contributed by atoms with van der Waals surface area (Å²) in [7, 11) is -1.16. The minimum atomic E-state index is -1.16. The van der Waals surface area contributed by atoms with E-state index in [0.29, 0.717) is 34.9 Å². The van der Waals surface area contributed by atoms with Gasteiger partial charge < -0.3 is 10.8 Å². The summed E-state index contributed by atoms with van der Waals surface area (Å²) in [5.74, 6) is 0.696. The van der Waals surface area contributed by atoms with Crippen LogP contribution >= 0.6 is 22.7 Å². The zero-order valence-corrected chi connectivity index (χ0v) is 21.4. The van der Waals surface area contributed by atoms with Crippen LogP contribution in [0.3, 0.4) is 0 Å². The fourth-order valence-electron chi connectivity index (χ4n) is 3.72. The van der Waals surface area contributed by atoms with Gasteiger partial charge in [-0.15, -0.1) is 22.7 Å². The molecule has 3 heterocycles. The number of ketones is 1. The number of aromatic nitrogens is 2. The summed E-state index contributed by atoms with van der Waals surface area (Å²) >= 11 is 2.91. The highest BCUT2D eigenvalue weighted by molar-refractivity contribution is 7.87. The summed E-state index contributed by atoms with van der Waals surface area (Å²) in [5, 5.41) is 12.5. The number of nitrogens with zero attached hydrogens (tertiary/aromatic N) is 2. The van der Waals surface area contributed by atoms with Crippen LogP contribution in [-0.2, 0) is 22.0 Å². The Morgan fingerprint density at radius 3 is 2.68 bits per heavy atom. The predicted molar refractivity (Wildman–Crippen MR) is 142 cm³/mol. The van der Waals surface area contributed by atoms with Gasteiger partial charge in [-0.1, -0.05) is 37.6 Å². The van der Waals surface area contributed by atoms with E-state index >= 15 is 0 Å². The third-order valence-corrected chi connectivity index (χ3v) is 9.28. The van der Waals surface area contributed by atoms with Gasteiger partial charge in [0.15, 0.2) is 0 Å². The van der Waals surface area contributed by atoms with E-state index in [1.54, 1.807) is 6.20 Å². The van der Waals surface area contributed by atoms with Crippen molar-refractivity contribution in [3.63, 3.8) is 0 Å². The van der Waals surface area contributed by atoms with Crippen molar-refractivity contribution in [2.45, 2.75) is 43.2 Å². The smallest absolute Gasteiger partial charge is 0.141 e. The monoisotopic (exact) mass is 513 g/mol. The molecule has 3 N–H and O–H groups in total. The molecule has 178 valence electrons. The Labute approximate surface area is 209 Å². The highest BCUT2D eigenvalue weighted by Gasteiger charge is 2.21. The summed E-state index contributed by atoms with van der Waals surface area (Å²) in [5.41, 5.74) is 10.6. The predicted octanol–water partition coefficient (Wildman–Crippen LogP) is 5.46. The second-order valence-electron chi connectivity index (χ2n) is 8.02. The standard InChI is InChI=1S/C25H27N3O3S3/c1-2-3-13-34(31)25-22(26)21-19(15-20(28-24(21)33-25)23-27-10-12-32-23)17-8-6-16(7-9-17)14-18(30)5-4-11-29/h6-10,12,15,29H,2-5,11,13-14,26H2,1H3. The Morgan fingerprint density at radius 2 is 2.00 bits per heavy atom. The molecule has 0 aliphatic heterocycles. The minimum Gasteiger partial charge on any atom is -0.396 e. The zero-order valence-electron chi connectivity index (χ0n) is 19.0. The highest BCUT2D eigenvalue weighted by Crippen LogP contribution is 2.43. The quantitative estimate of drug-likeness (QED) is 0.276. The maximum absolute atomic E-state index is 12.9. The van der Waals surface area contributed by atoms with Crippen LogP contribution in [0, 0.1) is 0 Å². The number of unbranched alkanes of at least 4 members (excludes halogenated alkanes) is 1. The molecule has 0 amide bonds. The number of anilines is 1. The van der Waals surface area contributed by atoms with Crippen LogP contribution in [0.4, 0.5) is 5.69 Å². The van der Waals surface area contributed by atoms with Crippen LogP contribution in [-0.4, -0.2) is 37.4 Å². The average Bonchev–Trinajstić information content (AvgIpc) is 3.50. The molecule has 0 aliphatic rings. The van der Waals surface area contributed by atoms with Gasteiger partial charge in [-0.2, -0.15) is 0 Å². The van der Waals surface area contributed by atoms with E-state index in [0.717, 1.165) is 50.5 Å². The lowest BCUT2D eigenvalue weighted by molar-refractivity contribution is -0.118. The van der Waals surface area contributed by atoms with Gasteiger partial charge in [-0.05, 0) is 35.6 Å². The van der Waals surface area contributed by atoms with Crippen LogP contribution in [0.25, 0.3) is 32.0 Å². The first-order chi connectivity index (χ1) is 16.5. The molecular weight excluding hydrogens is 486 g/mol. The van der Waals surface area contributed by atoms with Crippen molar-refractivity contribution >= 4 is 55.2 Å². The first kappa shape index (κ1) is 24.7. The third-order valence-electron chi connectivity index (χ3n) is 5.49. The lowest BCUT2D eigenvalue weighted by Gasteiger charge is -2.09. The molecule has 6 nitrogen and oxygen atoms in total. The Hall–Kier alpha value is -2.46. The van der Waals surface area contributed by atoms with Crippen LogP contribution in [0.2, 0.25) is 0 Å². The first-order valence-electron chi connectivity index (χ1n) is 11.2. The molecule has 0 spiro atoms. The number of benzene rings is 1. The summed E-state index contributed by atoms with van der Waals surface area (Å²) in [6, 6.07) is 9.86. The first-order valence-corrected chi connectivity index (χ1v) is 14.3. The van der Waals surface area contributed by atoms with Crippen LogP contribution in [0.5, 0.6) is 0 Å². The normalized spacial score (nSPS) is 12.3. The van der Waals surface area contributed by atoms with Gasteiger partial charge in [0, 0.05) is 42.2 Å². The maximum Gasteiger partial charge on any atom is 0.141 e. The molecule has 1 atom stereocenters. The molecule has 4 aromatic rings. The molecule has 9 heteroatoms. The molecule has 1 aromatic carbocycles. The van der Waals surface area contributed by atoms with E-state index < -0.39 is 10.8 Å². The highest BCUT2D eigenvalue weighted by atomic mass is 32.2. The number of rotatable bonds is 11. The number of thiophene rings is 1. The Balaban J connectivity index is 1.76. The SMILES string of the molecule is CCCCS(=O)c1sc2nc(-c3nccs3)cc(-c3ccc(CC(=O)CCCO)cc3)c2c1N. The average molecular weight is 514 g/mol. The number of nitrogens with two attached hydrogens (primary N) is 1. The Morgan fingerprint density at radius 1 is 1.21 bits per heavy atom. The number of Topliss-reactive ketones (excluding diaryl/α,β-unsaturated/α-hetero) is 1. The van der Waals surface area contributed by atoms with E-state index in [1.807, 2.05) is 35.7 Å². The van der Waals surface area contributed by atoms with Crippen LogP contribution < -0.4 is 5.73 Å². The summed E-state index contributed by atoms with van der Waals surface area (Å²) < 4.78 is 13.6. The second kappa shape index (κ2) is 11.3. The number of carbonyl (C=O) groups excluding carboxylic acids is 1. The Kier molecular flexibility index (Phi) is 8.20. The number of thiazole rings is 1. The molecule has 4 rings (SSSR count). The van der Waals surface area contributed by atoms with Crippen molar-refractivity contribution in [3.8, 4) is 21.8 Å². The minimum absolute atomic E-state index is 0.0252. The number of aliphatic hydroxyl groups excluding tert-OH is 1. The molecule has 0 saturated heterocycles. The van der Waals surface area contributed by atoms with Crippen LogP contribution in [0.15, 0.2) is 46.1 Å². The van der Waals surface area contributed by atoms with Crippen molar-refractivity contribution in [1.82, 2.24) is 9.97 Å². The second-order valence-corrected chi connectivity index (χ2v) is 11.7. The molecule has 0 saturated carbocycles. The zero-order chi connectivity index (χ0) is 24.1. The van der Waals surface area contributed by atoms with Crippen molar-refractivity contribution in [2.75, 3.05) is 18.1 Å². The molecule has 3 aromatic heterocycles. The lowest BCUT2D eigenvalue weighted by atomic mass is 9.98. The maximum atomic E-state index is 12.9. The topological polar surface area (TPSA) is 106 Å². The number of pyridine rings is 1. The molecule has 0 bridgehead atoms. The van der Waals surface area contributed by atoms with Crippen LogP contribution in [0.1, 0.15) is 38.2 Å². The Bertz CT molecular complexity index is 1300. The number of nitrogen functional groups attached to an aromatic ring is 1. The van der Waals surface area contributed by atoms with Crippen molar-refractivity contribution in [2.24, 2.45) is 0 Å². The van der Waals surface area contributed by atoms with Gasteiger partial charge in [0.1, 0.15) is 25.5 Å². The molecule has 0 fully saturated rings. The number of hydrogen-bond donors (Lipinski definition) is 2. The van der Waals surface area contributed by atoms with Crippen molar-refractivity contribution < 1.29 is 14.1 Å². The van der Waals surface area contributed by atoms with E-state index in [9.17, 15) is 9.00 Å². The lowest BCUT2D eigenvalue weighted by Crippen LogP contribution is -2.03. The summed E-state index contributed by atoms with van der Waals surface area (Å²) in [6.45, 7) is 2.10. The van der Waals surface area contributed by atoms with Crippen molar-refractivity contribution in [3.05, 3.63) is 47.5 Å². The summed E-state index contributed by atoms with van der Waals surface area (Å²) in [6.07, 6.45) is 4.82. The fourth-order valence-corrected chi connectivity index (χ4v) is 7.11. The molecule has 0 aliphatic carbocycles. The van der Waals surface area contributed by atoms with Gasteiger partial charge >= 0.3 is 0 Å². The van der Waals surface area contributed by atoms with E-state index in [1.165, 1.54) is 22.7 Å². The van der Waals surface area contributed by atoms with Crippen molar-refractivity contribution in [1.29, 1.82) is 0 Å². The van der Waals surface area contributed by atoms with E-state index in [-0.39, 0.29) is 12.4 Å². The fraction of sp³-hybridized carbons (Fsp3) is 0.320. The number of aliphatic hydroxyl groups is 1. The van der Waals surface area contributed by atoms with Gasteiger partial charge in [0.25, 0.3) is 0 Å². The molecule has 0 radical (unpaired) electrons. The third kappa shape index (κ3) is 5.43. The van der Waals surface area contributed by atoms with Gasteiger partial charge in [0.05, 0.1) is 16.5 Å². The molecule has 34 heavy (non-hydrogen) atoms. The molecule has 1 unspecified atom stereocenters. The largest absolute Gasteiger partial charge is 0.396 e. The van der Waals surface area contributed by atoms with Gasteiger partial charge in [-0.25, -0.2) is 9.97 Å². The van der Waals surface area contributed by atoms with E-state index in [4.69, 9.17) is 15.8 Å². The number of hydrogen-bond acceptors (Lipinski definition) is 8. The van der Waals surface area contributed by atoms with Gasteiger partial charge in [0.2, 0.25) is 0 Å². The molecular formula is C25H27N3O3S3.